The van der Waals surface area contributed by atoms with E-state index in [1.807, 2.05) is 6.07 Å². The summed E-state index contributed by atoms with van der Waals surface area (Å²) < 4.78 is 28.1. The van der Waals surface area contributed by atoms with Gasteiger partial charge in [-0.25, -0.2) is 13.2 Å². The molecule has 0 amide bonds. The number of sulfonamides is 1. The largest absolute Gasteiger partial charge is 0.478 e. The number of anilines is 2. The van der Waals surface area contributed by atoms with Crippen molar-refractivity contribution in [2.45, 2.75) is 31.1 Å². The maximum absolute atomic E-state index is 12.8. The molecule has 0 spiro atoms. The zero-order valence-electron chi connectivity index (χ0n) is 18.6. The highest BCUT2D eigenvalue weighted by atomic mass is 32.2. The van der Waals surface area contributed by atoms with Crippen LogP contribution in [-0.2, 0) is 16.4 Å². The Labute approximate surface area is 194 Å². The van der Waals surface area contributed by atoms with Gasteiger partial charge < -0.3 is 10.0 Å². The van der Waals surface area contributed by atoms with Gasteiger partial charge in [0, 0.05) is 18.8 Å². The summed E-state index contributed by atoms with van der Waals surface area (Å²) in [6, 6.07) is 21.8. The Morgan fingerprint density at radius 1 is 1.00 bits per heavy atom. The maximum Gasteiger partial charge on any atom is 0.337 e. The summed E-state index contributed by atoms with van der Waals surface area (Å²) in [5.41, 5.74) is 2.91. The highest BCUT2D eigenvalue weighted by molar-refractivity contribution is 7.92. The van der Waals surface area contributed by atoms with Crippen LogP contribution in [0.3, 0.4) is 0 Å². The number of piperidine rings is 1. The molecule has 1 aliphatic rings. The molecule has 1 fully saturated rings. The molecule has 0 unspecified atom stereocenters. The van der Waals surface area contributed by atoms with Crippen LogP contribution in [0.1, 0.15) is 34.3 Å². The number of hydrogen-bond acceptors (Lipinski definition) is 4. The number of aromatic carboxylic acids is 1. The molecule has 4 rings (SSSR count). The molecule has 1 saturated heterocycles. The van der Waals surface area contributed by atoms with Crippen molar-refractivity contribution in [1.29, 1.82) is 0 Å². The minimum Gasteiger partial charge on any atom is -0.478 e. The molecule has 7 heteroatoms. The average molecular weight is 465 g/mol. The molecule has 6 nitrogen and oxygen atoms in total. The van der Waals surface area contributed by atoms with Gasteiger partial charge in [-0.05, 0) is 67.5 Å². The lowest BCUT2D eigenvalue weighted by molar-refractivity contribution is 0.0697. The minimum atomic E-state index is -3.82. The van der Waals surface area contributed by atoms with Crippen molar-refractivity contribution >= 4 is 27.4 Å². The summed E-state index contributed by atoms with van der Waals surface area (Å²) in [5.74, 6) is -0.509. The predicted molar refractivity (Wildman–Crippen MR) is 130 cm³/mol. The van der Waals surface area contributed by atoms with Crippen LogP contribution in [0, 0.1) is 12.8 Å². The Kier molecular flexibility index (Phi) is 6.70. The van der Waals surface area contributed by atoms with E-state index in [0.717, 1.165) is 32.4 Å². The molecule has 2 N–H and O–H groups in total. The average Bonchev–Trinajstić information content (AvgIpc) is 2.80. The van der Waals surface area contributed by atoms with Gasteiger partial charge in [0.25, 0.3) is 10.0 Å². The fourth-order valence-corrected chi connectivity index (χ4v) is 5.74. The Balaban J connectivity index is 1.49. The molecule has 0 radical (unpaired) electrons. The van der Waals surface area contributed by atoms with Gasteiger partial charge in [-0.3, -0.25) is 4.72 Å². The van der Waals surface area contributed by atoms with Gasteiger partial charge >= 0.3 is 5.97 Å². The second-order valence-electron chi connectivity index (χ2n) is 8.53. The number of benzene rings is 3. The van der Waals surface area contributed by atoms with Gasteiger partial charge in [-0.1, -0.05) is 48.5 Å². The van der Waals surface area contributed by atoms with Gasteiger partial charge in [0.15, 0.2) is 0 Å². The van der Waals surface area contributed by atoms with E-state index in [1.165, 1.54) is 17.7 Å². The van der Waals surface area contributed by atoms with Crippen LogP contribution in [0.25, 0.3) is 0 Å². The molecular formula is C26H28N2O4S. The number of rotatable bonds is 7. The highest BCUT2D eigenvalue weighted by Crippen LogP contribution is 2.31. The monoisotopic (exact) mass is 464 g/mol. The first-order valence-corrected chi connectivity index (χ1v) is 12.6. The number of nitrogens with zero attached hydrogens (tertiary/aromatic N) is 1. The van der Waals surface area contributed by atoms with E-state index >= 15 is 0 Å². The minimum absolute atomic E-state index is 0.0986. The first-order valence-electron chi connectivity index (χ1n) is 11.1. The first kappa shape index (κ1) is 22.9. The van der Waals surface area contributed by atoms with E-state index in [9.17, 15) is 18.3 Å². The van der Waals surface area contributed by atoms with Gasteiger partial charge in [0.1, 0.15) is 0 Å². The molecule has 1 aliphatic heterocycles. The number of carbonyl (C=O) groups is 1. The molecule has 172 valence electrons. The summed E-state index contributed by atoms with van der Waals surface area (Å²) >= 11 is 0. The van der Waals surface area contributed by atoms with Crippen molar-refractivity contribution in [3.63, 3.8) is 0 Å². The van der Waals surface area contributed by atoms with Crippen LogP contribution in [0.15, 0.2) is 77.7 Å². The number of nitrogens with one attached hydrogen (secondary N) is 1. The molecule has 0 bridgehead atoms. The zero-order valence-corrected chi connectivity index (χ0v) is 19.4. The van der Waals surface area contributed by atoms with Gasteiger partial charge in [0.05, 0.1) is 16.1 Å². The highest BCUT2D eigenvalue weighted by Gasteiger charge is 2.24. The lowest BCUT2D eigenvalue weighted by Gasteiger charge is -2.34. The fraction of sp³-hybridized carbons (Fsp3) is 0.269. The smallest absolute Gasteiger partial charge is 0.337 e. The van der Waals surface area contributed by atoms with Crippen LogP contribution < -0.4 is 9.62 Å². The van der Waals surface area contributed by atoms with Gasteiger partial charge in [0.2, 0.25) is 0 Å². The van der Waals surface area contributed by atoms with Crippen molar-refractivity contribution in [2.75, 3.05) is 22.7 Å². The lowest BCUT2D eigenvalue weighted by atomic mass is 9.90. The van der Waals surface area contributed by atoms with Crippen molar-refractivity contribution in [1.82, 2.24) is 0 Å². The third-order valence-corrected chi connectivity index (χ3v) is 7.73. The van der Waals surface area contributed by atoms with Gasteiger partial charge in [-0.2, -0.15) is 0 Å². The third-order valence-electron chi connectivity index (χ3n) is 6.18. The van der Waals surface area contributed by atoms with Crippen LogP contribution in [0.5, 0.6) is 0 Å². The Bertz CT molecular complexity index is 1230. The zero-order chi connectivity index (χ0) is 23.4. The molecule has 1 heterocycles. The van der Waals surface area contributed by atoms with Crippen LogP contribution in [0.2, 0.25) is 0 Å². The standard InChI is InChI=1S/C26H28N2O4S/c1-19-7-5-6-10-25(19)33(31,32)27-22-11-12-24(23(18-22)26(29)30)28-15-13-21(14-16-28)17-20-8-3-2-4-9-20/h2-12,18,21,27H,13-17H2,1H3,(H,29,30). The van der Waals surface area contributed by atoms with Gasteiger partial charge in [-0.15, -0.1) is 0 Å². The summed E-state index contributed by atoms with van der Waals surface area (Å²) in [5, 5.41) is 9.82. The third kappa shape index (κ3) is 5.37. The normalized spacial score (nSPS) is 14.8. The SMILES string of the molecule is Cc1ccccc1S(=O)(=O)Nc1ccc(N2CCC(Cc3ccccc3)CC2)c(C(=O)O)c1. The van der Waals surface area contributed by atoms with Crippen molar-refractivity contribution < 1.29 is 18.3 Å². The second-order valence-corrected chi connectivity index (χ2v) is 10.2. The van der Waals surface area contributed by atoms with E-state index in [4.69, 9.17) is 0 Å². The van der Waals surface area contributed by atoms with Crippen molar-refractivity contribution in [2.24, 2.45) is 5.92 Å². The topological polar surface area (TPSA) is 86.7 Å². The summed E-state index contributed by atoms with van der Waals surface area (Å²) in [6.45, 7) is 3.26. The Morgan fingerprint density at radius 2 is 1.67 bits per heavy atom. The summed E-state index contributed by atoms with van der Waals surface area (Å²) in [4.78, 5) is 14.3. The molecule has 3 aromatic rings. The fourth-order valence-electron chi connectivity index (χ4n) is 4.44. The molecular weight excluding hydrogens is 436 g/mol. The second kappa shape index (κ2) is 9.67. The molecule has 33 heavy (non-hydrogen) atoms. The lowest BCUT2D eigenvalue weighted by Crippen LogP contribution is -2.35. The van der Waals surface area contributed by atoms with E-state index in [0.29, 0.717) is 17.2 Å². The van der Waals surface area contributed by atoms with E-state index in [-0.39, 0.29) is 16.1 Å². The van der Waals surface area contributed by atoms with Crippen molar-refractivity contribution in [3.8, 4) is 0 Å². The van der Waals surface area contributed by atoms with E-state index < -0.39 is 16.0 Å². The number of aryl methyl sites for hydroxylation is 1. The quantitative estimate of drug-likeness (QED) is 0.516. The summed E-state index contributed by atoms with van der Waals surface area (Å²) in [6.07, 6.45) is 2.99. The maximum atomic E-state index is 12.8. The molecule has 3 aromatic carbocycles. The van der Waals surface area contributed by atoms with Crippen LogP contribution in [0.4, 0.5) is 11.4 Å². The molecule has 0 atom stereocenters. The molecule has 0 aromatic heterocycles. The van der Waals surface area contributed by atoms with E-state index in [2.05, 4.69) is 33.9 Å². The molecule has 0 aliphatic carbocycles. The van der Waals surface area contributed by atoms with Crippen LogP contribution >= 0.6 is 0 Å². The van der Waals surface area contributed by atoms with E-state index in [1.54, 1.807) is 37.3 Å². The Morgan fingerprint density at radius 3 is 2.33 bits per heavy atom. The number of carboxylic acids is 1. The van der Waals surface area contributed by atoms with Crippen molar-refractivity contribution in [3.05, 3.63) is 89.5 Å². The predicted octanol–water partition coefficient (Wildman–Crippen LogP) is 4.95. The summed E-state index contributed by atoms with van der Waals surface area (Å²) in [7, 11) is -3.82. The Hall–Kier alpha value is -3.32. The first-order chi connectivity index (χ1) is 15.8. The van der Waals surface area contributed by atoms with Crippen LogP contribution in [-0.4, -0.2) is 32.6 Å². The number of carboxylic acid groups (broad SMARTS) is 1. The number of hydrogen-bond donors (Lipinski definition) is 2. The molecule has 0 saturated carbocycles.